The fourth-order valence-electron chi connectivity index (χ4n) is 11.7. The fourth-order valence-corrected chi connectivity index (χ4v) is 12.4. The molecule has 2 N–H and O–H groups in total. The third-order valence-corrected chi connectivity index (χ3v) is 18.5. The number of ether oxygens (including phenoxy) is 1. The Balaban J connectivity index is 4.95. The Kier molecular flexibility index (Phi) is 63.8. The summed E-state index contributed by atoms with van der Waals surface area (Å²) in [6, 6.07) is -0.841. The van der Waals surface area contributed by atoms with Crippen molar-refractivity contribution in [2.24, 2.45) is 0 Å². The number of quaternary nitrogens is 1. The molecule has 0 bridgehead atoms. The van der Waals surface area contributed by atoms with E-state index in [-0.39, 0.29) is 25.1 Å². The van der Waals surface area contributed by atoms with Gasteiger partial charge in [0.1, 0.15) is 19.3 Å². The second-order valence-corrected chi connectivity index (χ2v) is 28.6. The van der Waals surface area contributed by atoms with E-state index < -0.39 is 20.0 Å². The number of likely N-dealkylation sites (N-methyl/N-ethyl adjacent to an activating group) is 1. The van der Waals surface area contributed by atoms with Crippen LogP contribution in [0.25, 0.3) is 0 Å². The van der Waals surface area contributed by atoms with Gasteiger partial charge >= 0.3 is 13.8 Å². The SMILES string of the molecule is CCCCCCCCCCCC/C=C/C(OC(=O)CCCCCCCCCCCCCCCCCCCCCCCCCCC)C(COP(=O)(O)OCC[N+](C)(C)C)NC(=O)CCCCCCCCCCCCCCCCCCCCCCC. The number of carbonyl (C=O) groups excluding carboxylic acids is 2. The minimum atomic E-state index is -4.45. The zero-order valence-electron chi connectivity index (χ0n) is 57.4. The van der Waals surface area contributed by atoms with Crippen LogP contribution in [0.2, 0.25) is 0 Å². The van der Waals surface area contributed by atoms with Crippen molar-refractivity contribution >= 4 is 19.7 Å². The van der Waals surface area contributed by atoms with Gasteiger partial charge in [-0.1, -0.05) is 367 Å². The maximum absolute atomic E-state index is 13.6. The van der Waals surface area contributed by atoms with Crippen LogP contribution in [-0.2, 0) is 27.9 Å². The number of nitrogens with zero attached hydrogens (tertiary/aromatic N) is 1. The highest BCUT2D eigenvalue weighted by molar-refractivity contribution is 7.47. The predicted octanol–water partition coefficient (Wildman–Crippen LogP) is 23.9. The van der Waals surface area contributed by atoms with Crippen molar-refractivity contribution in [1.82, 2.24) is 5.32 Å². The van der Waals surface area contributed by atoms with Crippen LogP contribution < -0.4 is 5.32 Å². The smallest absolute Gasteiger partial charge is 0.456 e. The number of rotatable bonds is 70. The highest BCUT2D eigenvalue weighted by Gasteiger charge is 2.30. The number of esters is 1. The van der Waals surface area contributed by atoms with E-state index in [1.54, 1.807) is 0 Å². The van der Waals surface area contributed by atoms with Crippen molar-refractivity contribution < 1.29 is 37.3 Å². The molecule has 0 radical (unpaired) electrons. The second-order valence-electron chi connectivity index (χ2n) is 27.2. The van der Waals surface area contributed by atoms with Gasteiger partial charge in [0.15, 0.2) is 0 Å². The highest BCUT2D eigenvalue weighted by atomic mass is 31.2. The third-order valence-electron chi connectivity index (χ3n) is 17.5. The minimum absolute atomic E-state index is 0.0462. The van der Waals surface area contributed by atoms with Gasteiger partial charge in [0.25, 0.3) is 0 Å². The summed E-state index contributed by atoms with van der Waals surface area (Å²) in [6.45, 7) is 7.10. The lowest BCUT2D eigenvalue weighted by molar-refractivity contribution is -0.870. The summed E-state index contributed by atoms with van der Waals surface area (Å²) in [5, 5.41) is 3.08. The van der Waals surface area contributed by atoms with Gasteiger partial charge in [0.2, 0.25) is 5.91 Å². The Labute approximate surface area is 524 Å². The summed E-state index contributed by atoms with van der Waals surface area (Å²) in [4.78, 5) is 37.9. The van der Waals surface area contributed by atoms with Gasteiger partial charge in [-0.3, -0.25) is 18.6 Å². The quantitative estimate of drug-likeness (QED) is 0.0205. The number of allylic oxidation sites excluding steroid dienone is 1. The van der Waals surface area contributed by atoms with Crippen LogP contribution in [0.15, 0.2) is 12.2 Å². The van der Waals surface area contributed by atoms with E-state index >= 15 is 0 Å². The van der Waals surface area contributed by atoms with E-state index in [4.69, 9.17) is 13.8 Å². The maximum atomic E-state index is 13.6. The van der Waals surface area contributed by atoms with Crippen LogP contribution in [0.3, 0.4) is 0 Å². The molecular formula is C74H148N2O7P+. The number of amides is 1. The highest BCUT2D eigenvalue weighted by Crippen LogP contribution is 2.43. The Bertz CT molecular complexity index is 1440. The molecule has 0 spiro atoms. The van der Waals surface area contributed by atoms with Gasteiger partial charge in [-0.15, -0.1) is 0 Å². The molecule has 84 heavy (non-hydrogen) atoms. The van der Waals surface area contributed by atoms with Crippen molar-refractivity contribution in [3.8, 4) is 0 Å². The van der Waals surface area contributed by atoms with E-state index in [2.05, 4.69) is 32.2 Å². The summed E-state index contributed by atoms with van der Waals surface area (Å²) in [7, 11) is 1.53. The predicted molar refractivity (Wildman–Crippen MR) is 365 cm³/mol. The number of carbonyl (C=O) groups is 2. The minimum Gasteiger partial charge on any atom is -0.456 e. The number of unbranched alkanes of at least 4 members (excludes halogenated alkanes) is 54. The van der Waals surface area contributed by atoms with Crippen molar-refractivity contribution in [2.75, 3.05) is 40.9 Å². The molecule has 0 aliphatic rings. The Morgan fingerprint density at radius 2 is 0.679 bits per heavy atom. The Hall–Kier alpha value is -1.25. The topological polar surface area (TPSA) is 111 Å². The monoisotopic (exact) mass is 1210 g/mol. The first-order valence-electron chi connectivity index (χ1n) is 37.5. The van der Waals surface area contributed by atoms with Crippen molar-refractivity contribution in [1.29, 1.82) is 0 Å². The lowest BCUT2D eigenvalue weighted by atomic mass is 10.0. The molecule has 0 saturated carbocycles. The average molecular weight is 1210 g/mol. The second kappa shape index (κ2) is 64.7. The average Bonchev–Trinajstić information content (AvgIpc) is 3.64. The summed E-state index contributed by atoms with van der Waals surface area (Å²) < 4.78 is 30.9. The van der Waals surface area contributed by atoms with E-state index in [0.717, 1.165) is 57.8 Å². The molecule has 0 rings (SSSR count). The molecule has 10 heteroatoms. The first-order chi connectivity index (χ1) is 40.9. The molecule has 9 nitrogen and oxygen atoms in total. The fraction of sp³-hybridized carbons (Fsp3) is 0.946. The number of phosphoric acid groups is 1. The van der Waals surface area contributed by atoms with Gasteiger partial charge in [0, 0.05) is 12.8 Å². The zero-order chi connectivity index (χ0) is 61.4. The summed E-state index contributed by atoms with van der Waals surface area (Å²) in [5.41, 5.74) is 0. The molecule has 1 amide bonds. The normalized spacial score (nSPS) is 13.5. The molecule has 0 aromatic heterocycles. The van der Waals surface area contributed by atoms with Crippen LogP contribution in [0, 0.1) is 0 Å². The molecule has 0 fully saturated rings. The lowest BCUT2D eigenvalue weighted by Crippen LogP contribution is -2.47. The summed E-state index contributed by atoms with van der Waals surface area (Å²) >= 11 is 0. The number of nitrogens with one attached hydrogen (secondary N) is 1. The Morgan fingerprint density at radius 1 is 0.405 bits per heavy atom. The largest absolute Gasteiger partial charge is 0.472 e. The van der Waals surface area contributed by atoms with Gasteiger partial charge in [0.05, 0.1) is 33.8 Å². The van der Waals surface area contributed by atoms with Gasteiger partial charge in [-0.05, 0) is 31.8 Å². The van der Waals surface area contributed by atoms with E-state index in [1.807, 2.05) is 27.2 Å². The van der Waals surface area contributed by atoms with E-state index in [1.165, 1.54) is 308 Å². The molecule has 0 aromatic rings. The van der Waals surface area contributed by atoms with Crippen LogP contribution in [-0.4, -0.2) is 74.3 Å². The van der Waals surface area contributed by atoms with Crippen LogP contribution in [0.5, 0.6) is 0 Å². The van der Waals surface area contributed by atoms with E-state index in [9.17, 15) is 19.0 Å². The maximum Gasteiger partial charge on any atom is 0.472 e. The molecular weight excluding hydrogens is 1060 g/mol. The van der Waals surface area contributed by atoms with Crippen LogP contribution >= 0.6 is 7.82 Å². The standard InChI is InChI=1S/C74H147N2O7P/c1-7-10-13-16-19-22-25-28-30-32-34-36-37-38-39-41-43-45-47-49-52-55-58-61-64-67-74(78)83-72(65-62-59-56-53-50-27-24-21-18-15-12-9-3)71(70-82-84(79,80)81-69-68-76(4,5)6)75-73(77)66-63-60-57-54-51-48-46-44-42-40-35-33-31-29-26-23-20-17-14-11-8-2/h62,65,71-72H,7-61,63-64,66-70H2,1-6H3,(H-,75,77,79,80)/p+1/b65-62+. The van der Waals surface area contributed by atoms with Gasteiger partial charge in [-0.25, -0.2) is 4.57 Å². The molecule has 0 aromatic carbocycles. The number of hydrogen-bond acceptors (Lipinski definition) is 6. The molecule has 3 unspecified atom stereocenters. The zero-order valence-corrected chi connectivity index (χ0v) is 58.3. The molecule has 500 valence electrons. The molecule has 0 aliphatic heterocycles. The first kappa shape index (κ1) is 82.8. The van der Waals surface area contributed by atoms with Crippen LogP contribution in [0.4, 0.5) is 0 Å². The van der Waals surface area contributed by atoms with E-state index in [0.29, 0.717) is 23.9 Å². The molecule has 0 heterocycles. The molecule has 0 saturated heterocycles. The van der Waals surface area contributed by atoms with Crippen LogP contribution in [0.1, 0.15) is 400 Å². The number of phosphoric ester groups is 1. The third kappa shape index (κ3) is 65.2. The van der Waals surface area contributed by atoms with Gasteiger partial charge < -0.3 is 19.4 Å². The van der Waals surface area contributed by atoms with Crippen molar-refractivity contribution in [2.45, 2.75) is 412 Å². The summed E-state index contributed by atoms with van der Waals surface area (Å²) in [6.07, 6.45) is 78.1. The van der Waals surface area contributed by atoms with Gasteiger partial charge in [-0.2, -0.15) is 0 Å². The summed E-state index contributed by atoms with van der Waals surface area (Å²) in [5.74, 6) is -0.475. The Morgan fingerprint density at radius 3 is 0.976 bits per heavy atom. The number of hydrogen-bond donors (Lipinski definition) is 2. The molecule has 3 atom stereocenters. The lowest BCUT2D eigenvalue weighted by Gasteiger charge is -2.27. The molecule has 0 aliphatic carbocycles. The van der Waals surface area contributed by atoms with Crippen molar-refractivity contribution in [3.05, 3.63) is 12.2 Å². The van der Waals surface area contributed by atoms with Crippen molar-refractivity contribution in [3.63, 3.8) is 0 Å². The first-order valence-corrected chi connectivity index (χ1v) is 39.0.